The number of para-hydroxylation sites is 1. The summed E-state index contributed by atoms with van der Waals surface area (Å²) in [5.74, 6) is 0. The molecule has 9 aromatic rings. The van der Waals surface area contributed by atoms with Crippen molar-refractivity contribution in [1.29, 1.82) is 0 Å². The van der Waals surface area contributed by atoms with E-state index in [1.165, 1.54) is 69.9 Å². The molecule has 0 saturated heterocycles. The summed E-state index contributed by atoms with van der Waals surface area (Å²) in [6, 6.07) is 57.8. The van der Waals surface area contributed by atoms with Gasteiger partial charge in [0.05, 0.1) is 5.52 Å². The van der Waals surface area contributed by atoms with Crippen LogP contribution < -0.4 is 4.90 Å². The number of allylic oxidation sites excluding steroid dienone is 1. The van der Waals surface area contributed by atoms with E-state index >= 15 is 0 Å². The van der Waals surface area contributed by atoms with Crippen LogP contribution in [0.5, 0.6) is 0 Å². The zero-order valence-electron chi connectivity index (χ0n) is 26.9. The van der Waals surface area contributed by atoms with Crippen LogP contribution in [0.25, 0.3) is 64.7 Å². The maximum atomic E-state index is 2.47. The first-order chi connectivity index (χ1) is 24.3. The van der Waals surface area contributed by atoms with Gasteiger partial charge in [-0.3, -0.25) is 0 Å². The van der Waals surface area contributed by atoms with Crippen molar-refractivity contribution in [3.8, 4) is 16.8 Å². The lowest BCUT2D eigenvalue weighted by molar-refractivity contribution is 0.968. The van der Waals surface area contributed by atoms with Crippen molar-refractivity contribution in [2.24, 2.45) is 0 Å². The highest BCUT2D eigenvalue weighted by Crippen LogP contribution is 2.43. The topological polar surface area (TPSA) is 8.17 Å². The molecule has 0 N–H and O–H groups in total. The Labute approximate surface area is 289 Å². The van der Waals surface area contributed by atoms with E-state index in [1.807, 2.05) is 11.3 Å². The third-order valence-electron chi connectivity index (χ3n) is 10.0. The van der Waals surface area contributed by atoms with Gasteiger partial charge in [-0.2, -0.15) is 0 Å². The Balaban J connectivity index is 1.17. The van der Waals surface area contributed by atoms with E-state index in [1.54, 1.807) is 0 Å². The van der Waals surface area contributed by atoms with E-state index in [-0.39, 0.29) is 0 Å². The Hall–Kier alpha value is -5.90. The number of hydrogen-bond acceptors (Lipinski definition) is 2. The van der Waals surface area contributed by atoms with Gasteiger partial charge in [-0.05, 0) is 95.6 Å². The van der Waals surface area contributed by atoms with E-state index in [0.29, 0.717) is 0 Å². The molecule has 1 aliphatic rings. The second-order valence-corrected chi connectivity index (χ2v) is 14.0. The minimum atomic E-state index is 1.07. The maximum absolute atomic E-state index is 2.47. The minimum Gasteiger partial charge on any atom is -0.310 e. The maximum Gasteiger partial charge on any atom is 0.0616 e. The van der Waals surface area contributed by atoms with Crippen LogP contribution >= 0.6 is 11.3 Å². The van der Waals surface area contributed by atoms with Crippen molar-refractivity contribution in [2.45, 2.75) is 12.8 Å². The van der Waals surface area contributed by atoms with Gasteiger partial charge in [-0.1, -0.05) is 109 Å². The van der Waals surface area contributed by atoms with Gasteiger partial charge in [0.15, 0.2) is 0 Å². The fourth-order valence-corrected chi connectivity index (χ4v) is 8.90. The van der Waals surface area contributed by atoms with E-state index in [4.69, 9.17) is 0 Å². The number of nitrogens with zero attached hydrogens (tertiary/aromatic N) is 2. The molecule has 0 unspecified atom stereocenters. The van der Waals surface area contributed by atoms with Crippen LogP contribution in [0.3, 0.4) is 0 Å². The second-order valence-electron chi connectivity index (χ2n) is 12.9. The fourth-order valence-electron chi connectivity index (χ4n) is 7.76. The zero-order valence-corrected chi connectivity index (χ0v) is 27.7. The summed E-state index contributed by atoms with van der Waals surface area (Å²) in [5, 5.41) is 6.49. The van der Waals surface area contributed by atoms with Gasteiger partial charge in [0.25, 0.3) is 0 Å². The van der Waals surface area contributed by atoms with Crippen LogP contribution in [-0.2, 0) is 6.42 Å². The Bertz CT molecular complexity index is 2700. The molecule has 2 aromatic heterocycles. The summed E-state index contributed by atoms with van der Waals surface area (Å²) in [6.07, 6.45) is 6.78. The number of fused-ring (bicyclic) bond motifs is 8. The van der Waals surface area contributed by atoms with Crippen LogP contribution in [0.15, 0.2) is 164 Å². The van der Waals surface area contributed by atoms with Gasteiger partial charge in [-0.25, -0.2) is 0 Å². The van der Waals surface area contributed by atoms with Crippen molar-refractivity contribution >= 4 is 76.3 Å². The normalized spacial score (nSPS) is 12.7. The Kier molecular flexibility index (Phi) is 6.53. The van der Waals surface area contributed by atoms with Crippen LogP contribution in [0.1, 0.15) is 17.7 Å². The van der Waals surface area contributed by atoms with Crippen LogP contribution in [-0.4, -0.2) is 4.57 Å². The van der Waals surface area contributed by atoms with E-state index in [2.05, 4.69) is 179 Å². The standard InChI is InChI=1S/C46H32N2S/c1-3-11-31(12-4-1)32-19-22-35(23-20-32)47(37-25-28-41-40-16-8-10-18-44(40)49-45(41)30-37)36-24-27-38-33(29-36)21-26-42-39-15-7-9-17-43(39)48(46(38)42)34-13-5-2-6-14-34/h1-6,8-14,16-30H,7,15H2. The lowest BCUT2D eigenvalue weighted by atomic mass is 9.99. The van der Waals surface area contributed by atoms with Crippen molar-refractivity contribution in [1.82, 2.24) is 4.57 Å². The molecular weight excluding hydrogens is 613 g/mol. The molecule has 7 aromatic carbocycles. The van der Waals surface area contributed by atoms with Crippen LogP contribution in [0.4, 0.5) is 17.1 Å². The second kappa shape index (κ2) is 11.4. The summed E-state index contributed by atoms with van der Waals surface area (Å²) in [7, 11) is 0. The predicted molar refractivity (Wildman–Crippen MR) is 211 cm³/mol. The van der Waals surface area contributed by atoms with Gasteiger partial charge < -0.3 is 9.47 Å². The molecule has 0 aliphatic heterocycles. The molecule has 232 valence electrons. The summed E-state index contributed by atoms with van der Waals surface area (Å²) in [6.45, 7) is 0. The van der Waals surface area contributed by atoms with Crippen molar-refractivity contribution < 1.29 is 0 Å². The first kappa shape index (κ1) is 28.1. The van der Waals surface area contributed by atoms with E-state index < -0.39 is 0 Å². The molecule has 3 heteroatoms. The molecular formula is C46H32N2S. The number of aromatic nitrogens is 1. The number of anilines is 3. The zero-order chi connectivity index (χ0) is 32.3. The van der Waals surface area contributed by atoms with Crippen molar-refractivity contribution in [2.75, 3.05) is 4.90 Å². The molecule has 2 nitrogen and oxygen atoms in total. The molecule has 0 atom stereocenters. The third kappa shape index (κ3) is 4.62. The van der Waals surface area contributed by atoms with E-state index in [9.17, 15) is 0 Å². The van der Waals surface area contributed by atoms with Crippen LogP contribution in [0.2, 0.25) is 0 Å². The third-order valence-corrected chi connectivity index (χ3v) is 11.2. The number of aryl methyl sites for hydroxylation is 1. The lowest BCUT2D eigenvalue weighted by Gasteiger charge is -2.26. The summed E-state index contributed by atoms with van der Waals surface area (Å²) in [5.41, 5.74) is 11.1. The summed E-state index contributed by atoms with van der Waals surface area (Å²) < 4.78 is 5.09. The molecule has 49 heavy (non-hydrogen) atoms. The van der Waals surface area contributed by atoms with Gasteiger partial charge in [-0.15, -0.1) is 11.3 Å². The molecule has 0 radical (unpaired) electrons. The monoisotopic (exact) mass is 644 g/mol. The molecule has 10 rings (SSSR count). The Morgan fingerprint density at radius 2 is 1.16 bits per heavy atom. The SMILES string of the molecule is C1=Cc2c(c3ccc4cc(N(c5ccc(-c6ccccc6)cc5)c5ccc6c(c5)sc5ccccc56)ccc4c3n2-c2ccccc2)CC1. The molecule has 0 saturated carbocycles. The fraction of sp³-hybridized carbons (Fsp3) is 0.0435. The summed E-state index contributed by atoms with van der Waals surface area (Å²) >= 11 is 1.86. The highest BCUT2D eigenvalue weighted by molar-refractivity contribution is 7.25. The average Bonchev–Trinajstić information content (AvgIpc) is 3.71. The summed E-state index contributed by atoms with van der Waals surface area (Å²) in [4.78, 5) is 2.41. The average molecular weight is 645 g/mol. The largest absolute Gasteiger partial charge is 0.310 e. The number of hydrogen-bond donors (Lipinski definition) is 0. The molecule has 0 fully saturated rings. The predicted octanol–water partition coefficient (Wildman–Crippen LogP) is 13.2. The first-order valence-electron chi connectivity index (χ1n) is 17.0. The molecule has 2 heterocycles. The lowest BCUT2D eigenvalue weighted by Crippen LogP contribution is -2.09. The number of benzene rings is 7. The molecule has 0 spiro atoms. The highest BCUT2D eigenvalue weighted by atomic mass is 32.1. The molecule has 1 aliphatic carbocycles. The van der Waals surface area contributed by atoms with Crippen molar-refractivity contribution in [3.63, 3.8) is 0 Å². The van der Waals surface area contributed by atoms with Crippen molar-refractivity contribution in [3.05, 3.63) is 175 Å². The quantitative estimate of drug-likeness (QED) is 0.181. The number of rotatable bonds is 5. The van der Waals surface area contributed by atoms with Gasteiger partial charge >= 0.3 is 0 Å². The minimum absolute atomic E-state index is 1.07. The van der Waals surface area contributed by atoms with E-state index in [0.717, 1.165) is 29.9 Å². The molecule has 0 amide bonds. The van der Waals surface area contributed by atoms with Crippen LogP contribution in [0, 0.1) is 0 Å². The van der Waals surface area contributed by atoms with Gasteiger partial charge in [0.1, 0.15) is 0 Å². The van der Waals surface area contributed by atoms with Gasteiger partial charge in [0.2, 0.25) is 0 Å². The smallest absolute Gasteiger partial charge is 0.0616 e. The Morgan fingerprint density at radius 3 is 2.00 bits per heavy atom. The van der Waals surface area contributed by atoms with Gasteiger partial charge in [0, 0.05) is 59.4 Å². The highest BCUT2D eigenvalue weighted by Gasteiger charge is 2.21. The first-order valence-corrected chi connectivity index (χ1v) is 17.8. The number of thiophene rings is 1. The molecule has 0 bridgehead atoms. The Morgan fingerprint density at radius 1 is 0.510 bits per heavy atom.